The monoisotopic (exact) mass is 528 g/mol. The second-order valence-corrected chi connectivity index (χ2v) is 9.94. The quantitative estimate of drug-likeness (QED) is 0.449. The molecule has 2 aliphatic rings. The number of halogens is 3. The number of hydrogen-bond donors (Lipinski definition) is 0. The third-order valence-corrected chi connectivity index (χ3v) is 8.00. The average molecular weight is 529 g/mol. The van der Waals surface area contributed by atoms with Gasteiger partial charge in [-0.15, -0.1) is 11.8 Å². The van der Waals surface area contributed by atoms with E-state index in [1.54, 1.807) is 53.4 Å². The normalized spacial score (nSPS) is 18.9. The summed E-state index contributed by atoms with van der Waals surface area (Å²) in [5, 5.41) is 0. The number of ether oxygens (including phenoxy) is 2. The van der Waals surface area contributed by atoms with Crippen molar-refractivity contribution in [3.8, 4) is 11.5 Å². The van der Waals surface area contributed by atoms with Gasteiger partial charge < -0.3 is 19.3 Å². The van der Waals surface area contributed by atoms with Gasteiger partial charge in [0.15, 0.2) is 4.87 Å². The number of benzene rings is 3. The molecule has 2 heterocycles. The van der Waals surface area contributed by atoms with Crippen LogP contribution in [0.25, 0.3) is 0 Å². The zero-order chi connectivity index (χ0) is 26.4. The Hall–Kier alpha value is -3.66. The number of anilines is 1. The lowest BCUT2D eigenvalue weighted by molar-refractivity contribution is -0.137. The minimum absolute atomic E-state index is 0.0744. The second-order valence-electron chi connectivity index (χ2n) is 8.65. The van der Waals surface area contributed by atoms with Crippen LogP contribution >= 0.6 is 11.8 Å². The van der Waals surface area contributed by atoms with Crippen molar-refractivity contribution < 1.29 is 32.2 Å². The number of methoxy groups -OCH3 is 2. The summed E-state index contributed by atoms with van der Waals surface area (Å²) in [5.74, 6) is 0.924. The van der Waals surface area contributed by atoms with Crippen molar-refractivity contribution in [2.24, 2.45) is 0 Å². The molecule has 0 saturated carbocycles. The molecule has 0 aromatic heterocycles. The Kier molecular flexibility index (Phi) is 6.31. The average Bonchev–Trinajstić information content (AvgIpc) is 3.44. The summed E-state index contributed by atoms with van der Waals surface area (Å²) in [6.07, 6.45) is -4.50. The number of thioether (sulfide) groups is 1. The highest BCUT2D eigenvalue weighted by molar-refractivity contribution is 8.01. The molecule has 192 valence electrons. The van der Waals surface area contributed by atoms with E-state index in [-0.39, 0.29) is 18.4 Å². The highest BCUT2D eigenvalue weighted by Gasteiger charge is 2.59. The lowest BCUT2D eigenvalue weighted by Crippen LogP contribution is -2.50. The molecule has 2 aliphatic heterocycles. The van der Waals surface area contributed by atoms with Gasteiger partial charge in [0, 0.05) is 23.4 Å². The molecular formula is C27H23F3N2O4S. The second kappa shape index (κ2) is 9.33. The number of alkyl halides is 3. The first kappa shape index (κ1) is 25.0. The third-order valence-electron chi connectivity index (χ3n) is 6.58. The summed E-state index contributed by atoms with van der Waals surface area (Å²) in [4.78, 5) is 29.5. The van der Waals surface area contributed by atoms with Crippen molar-refractivity contribution in [1.82, 2.24) is 4.90 Å². The van der Waals surface area contributed by atoms with Gasteiger partial charge in [-0.2, -0.15) is 13.2 Å². The summed E-state index contributed by atoms with van der Waals surface area (Å²) >= 11 is 1.34. The summed E-state index contributed by atoms with van der Waals surface area (Å²) in [5.41, 5.74) is 1.06. The number of nitrogens with zero attached hydrogens (tertiary/aromatic N) is 2. The van der Waals surface area contributed by atoms with Gasteiger partial charge in [-0.1, -0.05) is 12.1 Å². The van der Waals surface area contributed by atoms with Crippen molar-refractivity contribution >= 4 is 29.3 Å². The molecule has 1 fully saturated rings. The van der Waals surface area contributed by atoms with Crippen LogP contribution in [0, 0.1) is 0 Å². The molecule has 1 atom stereocenters. The fourth-order valence-corrected chi connectivity index (χ4v) is 6.25. The van der Waals surface area contributed by atoms with Gasteiger partial charge in [-0.05, 0) is 60.2 Å². The molecule has 10 heteroatoms. The molecule has 6 nitrogen and oxygen atoms in total. The Morgan fingerprint density at radius 3 is 2.38 bits per heavy atom. The Morgan fingerprint density at radius 1 is 1.00 bits per heavy atom. The smallest absolute Gasteiger partial charge is 0.416 e. The van der Waals surface area contributed by atoms with E-state index in [9.17, 15) is 22.8 Å². The summed E-state index contributed by atoms with van der Waals surface area (Å²) < 4.78 is 50.6. The summed E-state index contributed by atoms with van der Waals surface area (Å²) in [7, 11) is 3.04. The lowest BCUT2D eigenvalue weighted by Gasteiger charge is -2.33. The van der Waals surface area contributed by atoms with Gasteiger partial charge in [-0.25, -0.2) is 0 Å². The standard InChI is InChI=1S/C27H23F3N2O4S/c1-35-20-8-6-18(7-9-20)24(33)32-12-13-37-26(32)22-15-21(36-2)10-11-23(22)31(25(26)34)16-17-4-3-5-19(14-17)27(28,29)30/h3-11,14-15H,12-13,16H2,1-2H3. The van der Waals surface area contributed by atoms with E-state index in [0.29, 0.717) is 46.2 Å². The molecule has 3 aromatic carbocycles. The van der Waals surface area contributed by atoms with Crippen LogP contribution in [-0.4, -0.2) is 43.2 Å². The molecule has 3 aromatic rings. The molecule has 5 rings (SSSR count). The van der Waals surface area contributed by atoms with E-state index in [1.807, 2.05) is 0 Å². The minimum atomic E-state index is -4.50. The van der Waals surface area contributed by atoms with Crippen LogP contribution in [0.2, 0.25) is 0 Å². The number of carbonyl (C=O) groups excluding carboxylic acids is 2. The maximum Gasteiger partial charge on any atom is 0.416 e. The van der Waals surface area contributed by atoms with Crippen molar-refractivity contribution in [3.63, 3.8) is 0 Å². The zero-order valence-corrected chi connectivity index (χ0v) is 20.9. The fourth-order valence-electron chi connectivity index (χ4n) is 4.80. The van der Waals surface area contributed by atoms with E-state index >= 15 is 0 Å². The molecule has 2 amide bonds. The van der Waals surface area contributed by atoms with Gasteiger partial charge in [0.05, 0.1) is 32.0 Å². The Balaban J connectivity index is 1.57. The number of fused-ring (bicyclic) bond motifs is 2. The maximum absolute atomic E-state index is 14.1. The highest BCUT2D eigenvalue weighted by atomic mass is 32.2. The van der Waals surface area contributed by atoms with Crippen LogP contribution in [0.1, 0.15) is 27.0 Å². The van der Waals surface area contributed by atoms with E-state index in [4.69, 9.17) is 9.47 Å². The van der Waals surface area contributed by atoms with E-state index in [0.717, 1.165) is 12.1 Å². The molecule has 0 aliphatic carbocycles. The third kappa shape index (κ3) is 4.19. The van der Waals surface area contributed by atoms with Crippen molar-refractivity contribution in [3.05, 3.63) is 89.0 Å². The van der Waals surface area contributed by atoms with Gasteiger partial charge >= 0.3 is 6.18 Å². The van der Waals surface area contributed by atoms with E-state index < -0.39 is 16.6 Å². The zero-order valence-electron chi connectivity index (χ0n) is 20.0. The first-order valence-corrected chi connectivity index (χ1v) is 12.4. The number of amides is 2. The van der Waals surface area contributed by atoms with E-state index in [2.05, 4.69) is 0 Å². The largest absolute Gasteiger partial charge is 0.497 e. The molecule has 0 N–H and O–H groups in total. The van der Waals surface area contributed by atoms with Crippen LogP contribution < -0.4 is 14.4 Å². The van der Waals surface area contributed by atoms with Gasteiger partial charge in [-0.3, -0.25) is 9.59 Å². The molecule has 1 saturated heterocycles. The Bertz CT molecular complexity index is 1360. The predicted molar refractivity (Wildman–Crippen MR) is 134 cm³/mol. The van der Waals surface area contributed by atoms with Crippen molar-refractivity contribution in [1.29, 1.82) is 0 Å². The van der Waals surface area contributed by atoms with Crippen LogP contribution in [0.3, 0.4) is 0 Å². The van der Waals surface area contributed by atoms with Crippen LogP contribution in [0.4, 0.5) is 18.9 Å². The minimum Gasteiger partial charge on any atom is -0.497 e. The Morgan fingerprint density at radius 2 is 1.70 bits per heavy atom. The van der Waals surface area contributed by atoms with Crippen molar-refractivity contribution in [2.75, 3.05) is 31.4 Å². The molecule has 1 unspecified atom stereocenters. The topological polar surface area (TPSA) is 59.1 Å². The predicted octanol–water partition coefficient (Wildman–Crippen LogP) is 5.31. The molecular weight excluding hydrogens is 505 g/mol. The SMILES string of the molecule is COc1ccc(C(=O)N2CCSC23C(=O)N(Cc2cccc(C(F)(F)F)c2)c2ccc(OC)cc23)cc1. The molecule has 0 radical (unpaired) electrons. The van der Waals surface area contributed by atoms with Gasteiger partial charge in [0.1, 0.15) is 11.5 Å². The van der Waals surface area contributed by atoms with Crippen LogP contribution in [-0.2, 0) is 22.4 Å². The van der Waals surface area contributed by atoms with Gasteiger partial charge in [0.25, 0.3) is 11.8 Å². The number of hydrogen-bond acceptors (Lipinski definition) is 5. The van der Waals surface area contributed by atoms with Crippen LogP contribution in [0.15, 0.2) is 66.7 Å². The summed E-state index contributed by atoms with van der Waals surface area (Å²) in [6.45, 7) is 0.254. The van der Waals surface area contributed by atoms with E-state index in [1.165, 1.54) is 36.9 Å². The highest BCUT2D eigenvalue weighted by Crippen LogP contribution is 2.55. The lowest BCUT2D eigenvalue weighted by atomic mass is 10.0. The molecule has 1 spiro atoms. The first-order valence-electron chi connectivity index (χ1n) is 11.5. The maximum atomic E-state index is 14.1. The number of rotatable bonds is 5. The van der Waals surface area contributed by atoms with Gasteiger partial charge in [0.2, 0.25) is 0 Å². The molecule has 37 heavy (non-hydrogen) atoms. The molecule has 0 bridgehead atoms. The van der Waals surface area contributed by atoms with Crippen molar-refractivity contribution in [2.45, 2.75) is 17.6 Å². The number of carbonyl (C=O) groups is 2. The van der Waals surface area contributed by atoms with Crippen LogP contribution in [0.5, 0.6) is 11.5 Å². The first-order chi connectivity index (χ1) is 17.7. The Labute approximate surface area is 216 Å². The summed E-state index contributed by atoms with van der Waals surface area (Å²) in [6, 6.07) is 16.7. The fraction of sp³-hybridized carbons (Fsp3) is 0.259.